The third-order valence-corrected chi connectivity index (χ3v) is 11.1. The van der Waals surface area contributed by atoms with Crippen LogP contribution in [0.1, 0.15) is 72.5 Å². The number of likely N-dealkylation sites (N-methyl/N-ethyl adjacent to an activating group) is 1. The van der Waals surface area contributed by atoms with Crippen LogP contribution in [0.3, 0.4) is 0 Å². The highest BCUT2D eigenvalue weighted by Gasteiger charge is 2.28. The van der Waals surface area contributed by atoms with Gasteiger partial charge in [-0.1, -0.05) is 56.3 Å². The van der Waals surface area contributed by atoms with Crippen LogP contribution in [0, 0.1) is 17.6 Å². The molecule has 0 aliphatic carbocycles. The lowest BCUT2D eigenvalue weighted by molar-refractivity contribution is -0.130. The minimum Gasteiger partial charge on any atom is -0.355 e. The van der Waals surface area contributed by atoms with E-state index >= 15 is 0 Å². The van der Waals surface area contributed by atoms with Crippen LogP contribution in [0.4, 0.5) is 14.5 Å². The molecule has 4 atom stereocenters. The summed E-state index contributed by atoms with van der Waals surface area (Å²) in [4.78, 5) is 53.4. The van der Waals surface area contributed by atoms with Crippen molar-refractivity contribution < 1.29 is 36.4 Å². The number of carbonyl (C=O) groups is 4. The van der Waals surface area contributed by atoms with Gasteiger partial charge in [0, 0.05) is 37.3 Å². The second-order valence-corrected chi connectivity index (χ2v) is 16.0. The molecule has 0 radical (unpaired) electrons. The summed E-state index contributed by atoms with van der Waals surface area (Å²) in [5, 5.41) is 14.5. The standard InChI is InChI=1S/C42H50F2N6O6S/c1-7-45-42(54)38(26(2)3)49-39(51)28(5)46-25-35(21-29-11-9-8-10-12-29)48-41(53)32-22-31(40(52)47-27(4)30-13-15-33(43)16-14-30)23-36(24-32)50(6)57(55,56)37-19-17-34(44)18-20-37/h8-20,22-24,26-28,35,38,46H,7,21,25H2,1-6H3,(H,45,54)(H,47,52)(H,48,53)(H,49,51)/t27-,28+,35+,38+/m1/s1. The van der Waals surface area contributed by atoms with Gasteiger partial charge in [-0.15, -0.1) is 0 Å². The van der Waals surface area contributed by atoms with Gasteiger partial charge in [0.25, 0.3) is 21.8 Å². The van der Waals surface area contributed by atoms with E-state index in [-0.39, 0.29) is 40.1 Å². The Morgan fingerprint density at radius 2 is 1.28 bits per heavy atom. The third kappa shape index (κ3) is 12.2. The highest BCUT2D eigenvalue weighted by Crippen LogP contribution is 2.26. The van der Waals surface area contributed by atoms with Gasteiger partial charge in [0.1, 0.15) is 17.7 Å². The summed E-state index contributed by atoms with van der Waals surface area (Å²) in [6, 6.07) is 20.4. The zero-order chi connectivity index (χ0) is 41.9. The maximum atomic E-state index is 14.1. The van der Waals surface area contributed by atoms with Gasteiger partial charge in [0.15, 0.2) is 0 Å². The number of nitrogens with zero attached hydrogens (tertiary/aromatic N) is 1. The second-order valence-electron chi connectivity index (χ2n) is 14.1. The first-order valence-electron chi connectivity index (χ1n) is 18.6. The van der Waals surface area contributed by atoms with E-state index in [1.807, 2.05) is 44.2 Å². The van der Waals surface area contributed by atoms with Crippen LogP contribution in [0.25, 0.3) is 0 Å². The molecule has 0 aliphatic heterocycles. The Morgan fingerprint density at radius 1 is 0.719 bits per heavy atom. The molecular weight excluding hydrogens is 755 g/mol. The number of sulfonamides is 1. The van der Waals surface area contributed by atoms with Gasteiger partial charge in [-0.05, 0) is 98.8 Å². The van der Waals surface area contributed by atoms with Gasteiger partial charge in [-0.25, -0.2) is 17.2 Å². The average Bonchev–Trinajstić information content (AvgIpc) is 3.18. The zero-order valence-corrected chi connectivity index (χ0v) is 33.6. The molecular formula is C42H50F2N6O6S. The number of rotatable bonds is 18. The summed E-state index contributed by atoms with van der Waals surface area (Å²) in [6.07, 6.45) is 0.336. The highest BCUT2D eigenvalue weighted by molar-refractivity contribution is 7.92. The molecule has 4 amide bonds. The number of amides is 4. The quantitative estimate of drug-likeness (QED) is 0.0957. The van der Waals surface area contributed by atoms with Crippen molar-refractivity contribution in [2.45, 2.75) is 70.1 Å². The van der Waals surface area contributed by atoms with Crippen molar-refractivity contribution in [1.29, 1.82) is 0 Å². The van der Waals surface area contributed by atoms with Crippen LogP contribution in [0.2, 0.25) is 0 Å². The summed E-state index contributed by atoms with van der Waals surface area (Å²) in [6.45, 7) is 9.31. The first kappa shape index (κ1) is 44.0. The van der Waals surface area contributed by atoms with E-state index in [0.29, 0.717) is 18.5 Å². The van der Waals surface area contributed by atoms with Gasteiger partial charge in [-0.2, -0.15) is 0 Å². The smallest absolute Gasteiger partial charge is 0.264 e. The predicted molar refractivity (Wildman–Crippen MR) is 215 cm³/mol. The molecule has 0 aromatic heterocycles. The second kappa shape index (κ2) is 20.0. The van der Waals surface area contributed by atoms with Crippen molar-refractivity contribution in [3.63, 3.8) is 0 Å². The Morgan fingerprint density at radius 3 is 1.84 bits per heavy atom. The molecule has 5 N–H and O–H groups in total. The van der Waals surface area contributed by atoms with Crippen molar-refractivity contribution in [3.8, 4) is 0 Å². The van der Waals surface area contributed by atoms with E-state index < -0.39 is 63.5 Å². The summed E-state index contributed by atoms with van der Waals surface area (Å²) >= 11 is 0. The van der Waals surface area contributed by atoms with E-state index in [1.165, 1.54) is 49.5 Å². The van der Waals surface area contributed by atoms with Crippen molar-refractivity contribution >= 4 is 39.3 Å². The first-order valence-corrected chi connectivity index (χ1v) is 20.1. The molecule has 0 saturated carbocycles. The SMILES string of the molecule is CCNC(=O)[C@@H](NC(=O)[C@H](C)NC[C@H](Cc1ccccc1)NC(=O)c1cc(C(=O)N[C@H](C)c2ccc(F)cc2)cc(N(C)S(=O)(=O)c2ccc(F)cc2)c1)C(C)C. The average molecular weight is 805 g/mol. The molecule has 304 valence electrons. The maximum Gasteiger partial charge on any atom is 0.264 e. The van der Waals surface area contributed by atoms with E-state index in [4.69, 9.17) is 0 Å². The van der Waals surface area contributed by atoms with Crippen molar-refractivity contribution in [2.24, 2.45) is 5.92 Å². The number of hydrogen-bond acceptors (Lipinski definition) is 7. The summed E-state index contributed by atoms with van der Waals surface area (Å²) in [7, 11) is -3.03. The van der Waals surface area contributed by atoms with Crippen LogP contribution in [0.5, 0.6) is 0 Å². The number of halogens is 2. The third-order valence-electron chi connectivity index (χ3n) is 9.32. The molecule has 0 spiro atoms. The maximum absolute atomic E-state index is 14.1. The minimum atomic E-state index is -4.28. The normalized spacial score (nSPS) is 13.5. The van der Waals surface area contributed by atoms with Crippen LogP contribution in [-0.4, -0.2) is 70.3 Å². The Balaban J connectivity index is 1.64. The summed E-state index contributed by atoms with van der Waals surface area (Å²) in [5.74, 6) is -3.21. The number of anilines is 1. The number of benzene rings is 4. The van der Waals surface area contributed by atoms with E-state index in [9.17, 15) is 36.4 Å². The Hall–Kier alpha value is -5.67. The first-order chi connectivity index (χ1) is 27.0. The van der Waals surface area contributed by atoms with Crippen LogP contribution >= 0.6 is 0 Å². The zero-order valence-electron chi connectivity index (χ0n) is 32.8. The minimum absolute atomic E-state index is 0.0265. The van der Waals surface area contributed by atoms with Crippen molar-refractivity contribution in [1.82, 2.24) is 26.6 Å². The number of carbonyl (C=O) groups excluding carboxylic acids is 4. The van der Waals surface area contributed by atoms with Gasteiger partial charge in [0.2, 0.25) is 11.8 Å². The van der Waals surface area contributed by atoms with Gasteiger partial charge in [0.05, 0.1) is 22.7 Å². The molecule has 15 heteroatoms. The summed E-state index contributed by atoms with van der Waals surface area (Å²) < 4.78 is 55.5. The van der Waals surface area contributed by atoms with Gasteiger partial charge >= 0.3 is 0 Å². The Kier molecular flexibility index (Phi) is 15.4. The van der Waals surface area contributed by atoms with Crippen molar-refractivity contribution in [3.05, 3.63) is 131 Å². The molecule has 0 aliphatic rings. The van der Waals surface area contributed by atoms with E-state index in [0.717, 1.165) is 34.1 Å². The molecule has 0 bridgehead atoms. The molecule has 57 heavy (non-hydrogen) atoms. The lowest BCUT2D eigenvalue weighted by atomic mass is 10.0. The van der Waals surface area contributed by atoms with Crippen molar-refractivity contribution in [2.75, 3.05) is 24.4 Å². The predicted octanol–water partition coefficient (Wildman–Crippen LogP) is 4.88. The van der Waals surface area contributed by atoms with Crippen LogP contribution in [0.15, 0.2) is 102 Å². The fourth-order valence-corrected chi connectivity index (χ4v) is 7.10. The number of nitrogens with one attached hydrogen (secondary N) is 5. The Bertz CT molecular complexity index is 2120. The van der Waals surface area contributed by atoms with Gasteiger partial charge < -0.3 is 26.6 Å². The van der Waals surface area contributed by atoms with E-state index in [1.54, 1.807) is 20.8 Å². The highest BCUT2D eigenvalue weighted by atomic mass is 32.2. The van der Waals surface area contributed by atoms with E-state index in [2.05, 4.69) is 26.6 Å². The monoisotopic (exact) mass is 804 g/mol. The Labute approximate surface area is 332 Å². The lowest BCUT2D eigenvalue weighted by Crippen LogP contribution is -2.55. The molecule has 12 nitrogen and oxygen atoms in total. The summed E-state index contributed by atoms with van der Waals surface area (Å²) in [5.41, 5.74) is 1.38. The lowest BCUT2D eigenvalue weighted by Gasteiger charge is -2.26. The fraction of sp³-hybridized carbons (Fsp3) is 0.333. The molecule has 4 rings (SSSR count). The molecule has 0 unspecified atom stereocenters. The largest absolute Gasteiger partial charge is 0.355 e. The van der Waals surface area contributed by atoms with Crippen LogP contribution < -0.4 is 30.9 Å². The molecule has 0 heterocycles. The molecule has 0 fully saturated rings. The fourth-order valence-electron chi connectivity index (χ4n) is 5.92. The van der Waals surface area contributed by atoms with Crippen LogP contribution in [-0.2, 0) is 26.0 Å². The topological polar surface area (TPSA) is 166 Å². The molecule has 4 aromatic carbocycles. The molecule has 0 saturated heterocycles. The molecule has 4 aromatic rings. The number of hydrogen-bond donors (Lipinski definition) is 5. The van der Waals surface area contributed by atoms with Gasteiger partial charge in [-0.3, -0.25) is 23.5 Å².